The first-order valence-corrected chi connectivity index (χ1v) is 8.94. The standard InChI is InChI=1S/C14H24O2Si/c1-14(2,3)17(5,6)16-13-9-7-8-12(10-13)11-15-4/h7-10H,11H2,1-6H3. The van der Waals surface area contributed by atoms with Gasteiger partial charge < -0.3 is 9.16 Å². The lowest BCUT2D eigenvalue weighted by Crippen LogP contribution is -2.43. The van der Waals surface area contributed by atoms with E-state index < -0.39 is 8.32 Å². The van der Waals surface area contributed by atoms with Crippen LogP contribution >= 0.6 is 0 Å². The molecule has 0 radical (unpaired) electrons. The Labute approximate surface area is 106 Å². The zero-order valence-corrected chi connectivity index (χ0v) is 12.8. The van der Waals surface area contributed by atoms with Gasteiger partial charge in [0.05, 0.1) is 6.61 Å². The molecular weight excluding hydrogens is 228 g/mol. The summed E-state index contributed by atoms with van der Waals surface area (Å²) in [7, 11) is -0.0227. The first kappa shape index (κ1) is 14.3. The summed E-state index contributed by atoms with van der Waals surface area (Å²) in [6.07, 6.45) is 0. The molecule has 0 aliphatic heterocycles. The van der Waals surface area contributed by atoms with Crippen LogP contribution in [0.1, 0.15) is 26.3 Å². The highest BCUT2D eigenvalue weighted by Crippen LogP contribution is 2.37. The second-order valence-electron chi connectivity index (χ2n) is 5.94. The van der Waals surface area contributed by atoms with Crippen LogP contribution in [0.2, 0.25) is 18.1 Å². The number of ether oxygens (including phenoxy) is 1. The Kier molecular flexibility index (Phi) is 4.39. The molecule has 0 fully saturated rings. The van der Waals surface area contributed by atoms with E-state index in [2.05, 4.69) is 46.0 Å². The van der Waals surface area contributed by atoms with Gasteiger partial charge in [-0.1, -0.05) is 32.9 Å². The van der Waals surface area contributed by atoms with Gasteiger partial charge in [-0.2, -0.15) is 0 Å². The van der Waals surface area contributed by atoms with Crippen LogP contribution in [0.5, 0.6) is 5.75 Å². The fourth-order valence-electron chi connectivity index (χ4n) is 1.31. The van der Waals surface area contributed by atoms with Gasteiger partial charge in [0, 0.05) is 7.11 Å². The van der Waals surface area contributed by atoms with Crippen molar-refractivity contribution in [3.63, 3.8) is 0 Å². The van der Waals surface area contributed by atoms with E-state index in [0.29, 0.717) is 6.61 Å². The summed E-state index contributed by atoms with van der Waals surface area (Å²) in [4.78, 5) is 0. The van der Waals surface area contributed by atoms with Crippen molar-refractivity contribution in [3.8, 4) is 5.75 Å². The first-order valence-electron chi connectivity index (χ1n) is 6.03. The van der Waals surface area contributed by atoms with Gasteiger partial charge >= 0.3 is 0 Å². The Bertz CT molecular complexity index is 367. The van der Waals surface area contributed by atoms with Crippen LogP contribution < -0.4 is 4.43 Å². The average Bonchev–Trinajstić information content (AvgIpc) is 2.16. The second-order valence-corrected chi connectivity index (χ2v) is 10.7. The molecule has 0 aliphatic rings. The van der Waals surface area contributed by atoms with Crippen LogP contribution in [0.25, 0.3) is 0 Å². The lowest BCUT2D eigenvalue weighted by Gasteiger charge is -2.36. The van der Waals surface area contributed by atoms with Gasteiger partial charge in [-0.15, -0.1) is 0 Å². The van der Waals surface area contributed by atoms with Crippen LogP contribution in [-0.4, -0.2) is 15.4 Å². The van der Waals surface area contributed by atoms with E-state index in [-0.39, 0.29) is 5.04 Å². The molecular formula is C14H24O2Si. The van der Waals surface area contributed by atoms with Gasteiger partial charge in [-0.25, -0.2) is 0 Å². The highest BCUT2D eigenvalue weighted by molar-refractivity contribution is 6.74. The second kappa shape index (κ2) is 5.23. The average molecular weight is 252 g/mol. The summed E-state index contributed by atoms with van der Waals surface area (Å²) in [6.45, 7) is 11.9. The van der Waals surface area contributed by atoms with Crippen molar-refractivity contribution in [2.75, 3.05) is 7.11 Å². The first-order chi connectivity index (χ1) is 7.76. The molecule has 0 heterocycles. The minimum Gasteiger partial charge on any atom is -0.543 e. The summed E-state index contributed by atoms with van der Waals surface area (Å²) in [5, 5.41) is 0.226. The van der Waals surface area contributed by atoms with Crippen molar-refractivity contribution in [2.24, 2.45) is 0 Å². The lowest BCUT2D eigenvalue weighted by atomic mass is 10.2. The highest BCUT2D eigenvalue weighted by atomic mass is 28.4. The lowest BCUT2D eigenvalue weighted by molar-refractivity contribution is 0.184. The Hall–Kier alpha value is -0.803. The third-order valence-corrected chi connectivity index (χ3v) is 7.75. The molecule has 0 N–H and O–H groups in total. The largest absolute Gasteiger partial charge is 0.543 e. The third kappa shape index (κ3) is 3.86. The molecule has 1 aromatic carbocycles. The number of benzene rings is 1. The van der Waals surface area contributed by atoms with Gasteiger partial charge in [0.1, 0.15) is 5.75 Å². The third-order valence-electron chi connectivity index (χ3n) is 3.39. The topological polar surface area (TPSA) is 18.5 Å². The van der Waals surface area contributed by atoms with E-state index in [1.807, 2.05) is 12.1 Å². The SMILES string of the molecule is COCc1cccc(O[Si](C)(C)C(C)(C)C)c1. The van der Waals surface area contributed by atoms with Gasteiger partial charge in [-0.3, -0.25) is 0 Å². The zero-order chi connectivity index (χ0) is 13.1. The molecule has 0 saturated heterocycles. The zero-order valence-electron chi connectivity index (χ0n) is 11.8. The number of hydrogen-bond donors (Lipinski definition) is 0. The maximum absolute atomic E-state index is 6.24. The molecule has 0 atom stereocenters. The van der Waals surface area contributed by atoms with Crippen molar-refractivity contribution in [2.45, 2.75) is 45.5 Å². The smallest absolute Gasteiger partial charge is 0.250 e. The molecule has 0 amide bonds. The van der Waals surface area contributed by atoms with Gasteiger partial charge in [0.2, 0.25) is 8.32 Å². The minimum absolute atomic E-state index is 0.226. The monoisotopic (exact) mass is 252 g/mol. The summed E-state index contributed by atoms with van der Waals surface area (Å²) in [5.74, 6) is 0.964. The van der Waals surface area contributed by atoms with Crippen LogP contribution in [0.15, 0.2) is 24.3 Å². The fourth-order valence-corrected chi connectivity index (χ4v) is 2.34. The van der Waals surface area contributed by atoms with E-state index in [0.717, 1.165) is 11.3 Å². The molecule has 0 spiro atoms. The predicted molar refractivity (Wildman–Crippen MR) is 75.0 cm³/mol. The molecule has 0 aliphatic carbocycles. The van der Waals surface area contributed by atoms with E-state index in [1.165, 1.54) is 0 Å². The molecule has 1 rings (SSSR count). The van der Waals surface area contributed by atoms with Crippen molar-refractivity contribution >= 4 is 8.32 Å². The van der Waals surface area contributed by atoms with Crippen LogP contribution in [0, 0.1) is 0 Å². The van der Waals surface area contributed by atoms with Gasteiger partial charge in [-0.05, 0) is 35.8 Å². The van der Waals surface area contributed by atoms with E-state index in [4.69, 9.17) is 9.16 Å². The Morgan fingerprint density at radius 2 is 1.82 bits per heavy atom. The predicted octanol–water partition coefficient (Wildman–Crippen LogP) is 4.22. The van der Waals surface area contributed by atoms with Crippen molar-refractivity contribution in [1.82, 2.24) is 0 Å². The van der Waals surface area contributed by atoms with Crippen molar-refractivity contribution < 1.29 is 9.16 Å². The normalized spacial score (nSPS) is 12.6. The maximum atomic E-state index is 6.24. The molecule has 0 aromatic heterocycles. The van der Waals surface area contributed by atoms with Gasteiger partial charge in [0.15, 0.2) is 0 Å². The van der Waals surface area contributed by atoms with Crippen LogP contribution in [-0.2, 0) is 11.3 Å². The summed E-state index contributed by atoms with van der Waals surface area (Å²) in [5.41, 5.74) is 1.16. The van der Waals surface area contributed by atoms with E-state index in [9.17, 15) is 0 Å². The summed E-state index contributed by atoms with van der Waals surface area (Å²) < 4.78 is 11.4. The highest BCUT2D eigenvalue weighted by Gasteiger charge is 2.38. The molecule has 0 saturated carbocycles. The quantitative estimate of drug-likeness (QED) is 0.747. The van der Waals surface area contributed by atoms with E-state index in [1.54, 1.807) is 7.11 Å². The fraction of sp³-hybridized carbons (Fsp3) is 0.571. The number of hydrogen-bond acceptors (Lipinski definition) is 2. The Balaban J connectivity index is 2.84. The van der Waals surface area contributed by atoms with Crippen molar-refractivity contribution in [3.05, 3.63) is 29.8 Å². The molecule has 1 aromatic rings. The molecule has 0 unspecified atom stereocenters. The minimum atomic E-state index is -1.73. The summed E-state index contributed by atoms with van der Waals surface area (Å²) in [6, 6.07) is 8.18. The van der Waals surface area contributed by atoms with Crippen molar-refractivity contribution in [1.29, 1.82) is 0 Å². The Morgan fingerprint density at radius 3 is 2.35 bits per heavy atom. The summed E-state index contributed by atoms with van der Waals surface area (Å²) >= 11 is 0. The molecule has 0 bridgehead atoms. The Morgan fingerprint density at radius 1 is 1.18 bits per heavy atom. The number of rotatable bonds is 4. The molecule has 17 heavy (non-hydrogen) atoms. The molecule has 3 heteroatoms. The van der Waals surface area contributed by atoms with Crippen LogP contribution in [0.4, 0.5) is 0 Å². The number of methoxy groups -OCH3 is 1. The maximum Gasteiger partial charge on any atom is 0.250 e. The molecule has 96 valence electrons. The van der Waals surface area contributed by atoms with E-state index >= 15 is 0 Å². The molecule has 2 nitrogen and oxygen atoms in total. The van der Waals surface area contributed by atoms with Gasteiger partial charge in [0.25, 0.3) is 0 Å². The van der Waals surface area contributed by atoms with Crippen LogP contribution in [0.3, 0.4) is 0 Å².